The summed E-state index contributed by atoms with van der Waals surface area (Å²) in [6.45, 7) is 0. The number of hydrogen-bond donors (Lipinski definition) is 0. The SMILES string of the molecule is c1ccc(N(c2ccc(-c3ccc4c(ccc5c6ccccc6ccc45)c3)cc2)c2ccc3ccccc3c2)cc1. The van der Waals surface area contributed by atoms with Crippen LogP contribution in [0, 0.1) is 0 Å². The first-order chi connectivity index (χ1) is 20.3. The van der Waals surface area contributed by atoms with Crippen molar-refractivity contribution in [2.75, 3.05) is 4.90 Å². The van der Waals surface area contributed by atoms with E-state index in [2.05, 4.69) is 169 Å². The summed E-state index contributed by atoms with van der Waals surface area (Å²) in [5.74, 6) is 0. The molecule has 0 N–H and O–H groups in total. The number of rotatable bonds is 4. The molecule has 0 aliphatic rings. The highest BCUT2D eigenvalue weighted by Gasteiger charge is 2.13. The van der Waals surface area contributed by atoms with Crippen LogP contribution in [0.2, 0.25) is 0 Å². The van der Waals surface area contributed by atoms with Gasteiger partial charge in [0.2, 0.25) is 0 Å². The molecule has 192 valence electrons. The molecule has 1 nitrogen and oxygen atoms in total. The maximum Gasteiger partial charge on any atom is 0.0468 e. The Labute approximate surface area is 239 Å². The second kappa shape index (κ2) is 9.66. The molecule has 0 aliphatic heterocycles. The standard InChI is InChI=1S/C40H27N/c1-2-11-34(12-3-1)41(36-22-16-28-8-4-5-10-31(28)27-36)35-20-14-29(15-21-35)32-18-23-38-33(26-32)19-25-39-37-13-7-6-9-30(37)17-24-40(38)39/h1-27H. The molecule has 8 aromatic rings. The van der Waals surface area contributed by atoms with Crippen LogP contribution in [0.3, 0.4) is 0 Å². The van der Waals surface area contributed by atoms with Crippen molar-refractivity contribution in [2.45, 2.75) is 0 Å². The van der Waals surface area contributed by atoms with Gasteiger partial charge in [0.25, 0.3) is 0 Å². The van der Waals surface area contributed by atoms with Gasteiger partial charge < -0.3 is 4.90 Å². The lowest BCUT2D eigenvalue weighted by Crippen LogP contribution is -2.09. The summed E-state index contributed by atoms with van der Waals surface area (Å²) in [6, 6.07) is 59.3. The highest BCUT2D eigenvalue weighted by Crippen LogP contribution is 2.38. The number of hydrogen-bond acceptors (Lipinski definition) is 1. The van der Waals surface area contributed by atoms with E-state index < -0.39 is 0 Å². The van der Waals surface area contributed by atoms with Crippen molar-refractivity contribution in [3.63, 3.8) is 0 Å². The van der Waals surface area contributed by atoms with Gasteiger partial charge in [-0.15, -0.1) is 0 Å². The zero-order valence-electron chi connectivity index (χ0n) is 22.5. The quantitative estimate of drug-likeness (QED) is 0.208. The van der Waals surface area contributed by atoms with Gasteiger partial charge in [0, 0.05) is 17.1 Å². The lowest BCUT2D eigenvalue weighted by Gasteiger charge is -2.26. The van der Waals surface area contributed by atoms with Gasteiger partial charge in [-0.1, -0.05) is 121 Å². The Morgan fingerprint density at radius 2 is 0.805 bits per heavy atom. The van der Waals surface area contributed by atoms with Crippen LogP contribution in [0.25, 0.3) is 54.2 Å². The van der Waals surface area contributed by atoms with Crippen molar-refractivity contribution in [2.24, 2.45) is 0 Å². The molecule has 0 heterocycles. The van der Waals surface area contributed by atoms with Gasteiger partial charge in [0.1, 0.15) is 0 Å². The summed E-state index contributed by atoms with van der Waals surface area (Å²) in [5, 5.41) is 10.2. The normalized spacial score (nSPS) is 11.4. The Kier molecular flexibility index (Phi) is 5.53. The number of anilines is 3. The van der Waals surface area contributed by atoms with Crippen molar-refractivity contribution in [1.29, 1.82) is 0 Å². The van der Waals surface area contributed by atoms with E-state index >= 15 is 0 Å². The number of fused-ring (bicyclic) bond motifs is 6. The summed E-state index contributed by atoms with van der Waals surface area (Å²) in [5.41, 5.74) is 5.85. The highest BCUT2D eigenvalue weighted by atomic mass is 15.1. The van der Waals surface area contributed by atoms with Gasteiger partial charge in [-0.05, 0) is 96.7 Å². The average molecular weight is 522 g/mol. The molecule has 8 rings (SSSR count). The van der Waals surface area contributed by atoms with Crippen LogP contribution >= 0.6 is 0 Å². The van der Waals surface area contributed by atoms with E-state index in [1.165, 1.54) is 54.2 Å². The third-order valence-electron chi connectivity index (χ3n) is 8.21. The molecular formula is C40H27N. The molecule has 0 unspecified atom stereocenters. The van der Waals surface area contributed by atoms with Crippen LogP contribution in [0.4, 0.5) is 17.1 Å². The van der Waals surface area contributed by atoms with Crippen LogP contribution in [-0.2, 0) is 0 Å². The zero-order chi connectivity index (χ0) is 27.2. The summed E-state index contributed by atoms with van der Waals surface area (Å²) in [6.07, 6.45) is 0. The average Bonchev–Trinajstić information content (AvgIpc) is 3.05. The van der Waals surface area contributed by atoms with Crippen LogP contribution < -0.4 is 4.90 Å². The summed E-state index contributed by atoms with van der Waals surface area (Å²) in [7, 11) is 0. The van der Waals surface area contributed by atoms with Crippen LogP contribution in [0.15, 0.2) is 164 Å². The van der Waals surface area contributed by atoms with E-state index in [1.807, 2.05) is 0 Å². The maximum atomic E-state index is 2.33. The summed E-state index contributed by atoms with van der Waals surface area (Å²) in [4.78, 5) is 2.33. The molecule has 0 aromatic heterocycles. The van der Waals surface area contributed by atoms with Crippen LogP contribution in [0.5, 0.6) is 0 Å². The molecule has 8 aromatic carbocycles. The fourth-order valence-electron chi connectivity index (χ4n) is 6.15. The maximum absolute atomic E-state index is 2.33. The lowest BCUT2D eigenvalue weighted by molar-refractivity contribution is 1.29. The second-order valence-electron chi connectivity index (χ2n) is 10.6. The van der Waals surface area contributed by atoms with Crippen LogP contribution in [0.1, 0.15) is 0 Å². The van der Waals surface area contributed by atoms with Gasteiger partial charge in [-0.3, -0.25) is 0 Å². The predicted molar refractivity (Wildman–Crippen MR) is 177 cm³/mol. The lowest BCUT2D eigenvalue weighted by atomic mass is 9.95. The minimum atomic E-state index is 1.13. The Bertz CT molecular complexity index is 2190. The largest absolute Gasteiger partial charge is 0.310 e. The van der Waals surface area contributed by atoms with Crippen molar-refractivity contribution in [3.05, 3.63) is 164 Å². The first-order valence-electron chi connectivity index (χ1n) is 14.1. The smallest absolute Gasteiger partial charge is 0.0468 e. The van der Waals surface area contributed by atoms with Gasteiger partial charge >= 0.3 is 0 Å². The van der Waals surface area contributed by atoms with Crippen molar-refractivity contribution >= 4 is 60.2 Å². The zero-order valence-corrected chi connectivity index (χ0v) is 22.5. The number of benzene rings is 8. The summed E-state index contributed by atoms with van der Waals surface area (Å²) >= 11 is 0. The molecule has 0 radical (unpaired) electrons. The Hall–Kier alpha value is -5.40. The van der Waals surface area contributed by atoms with Gasteiger partial charge in [-0.2, -0.15) is 0 Å². The molecule has 0 saturated carbocycles. The predicted octanol–water partition coefficient (Wildman–Crippen LogP) is 11.4. The van der Waals surface area contributed by atoms with E-state index in [1.54, 1.807) is 0 Å². The molecule has 0 saturated heterocycles. The fraction of sp³-hybridized carbons (Fsp3) is 0. The minimum Gasteiger partial charge on any atom is -0.310 e. The van der Waals surface area contributed by atoms with Crippen molar-refractivity contribution in [1.82, 2.24) is 0 Å². The third-order valence-corrected chi connectivity index (χ3v) is 8.21. The van der Waals surface area contributed by atoms with Gasteiger partial charge in [-0.25, -0.2) is 0 Å². The highest BCUT2D eigenvalue weighted by molar-refractivity contribution is 6.17. The van der Waals surface area contributed by atoms with E-state index in [-0.39, 0.29) is 0 Å². The topological polar surface area (TPSA) is 3.24 Å². The van der Waals surface area contributed by atoms with Crippen LogP contribution in [-0.4, -0.2) is 0 Å². The third kappa shape index (κ3) is 4.11. The number of para-hydroxylation sites is 1. The van der Waals surface area contributed by atoms with E-state index in [0.29, 0.717) is 0 Å². The fourth-order valence-corrected chi connectivity index (χ4v) is 6.15. The Morgan fingerprint density at radius 3 is 1.61 bits per heavy atom. The van der Waals surface area contributed by atoms with E-state index in [4.69, 9.17) is 0 Å². The molecule has 0 spiro atoms. The molecule has 1 heteroatoms. The Balaban J connectivity index is 1.19. The number of nitrogens with zero attached hydrogens (tertiary/aromatic N) is 1. The first-order valence-corrected chi connectivity index (χ1v) is 14.1. The summed E-state index contributed by atoms with van der Waals surface area (Å²) < 4.78 is 0. The second-order valence-corrected chi connectivity index (χ2v) is 10.6. The van der Waals surface area contributed by atoms with Gasteiger partial charge in [0.15, 0.2) is 0 Å². The minimum absolute atomic E-state index is 1.13. The molecule has 0 fully saturated rings. The van der Waals surface area contributed by atoms with E-state index in [9.17, 15) is 0 Å². The van der Waals surface area contributed by atoms with E-state index in [0.717, 1.165) is 17.1 Å². The van der Waals surface area contributed by atoms with Crippen molar-refractivity contribution < 1.29 is 0 Å². The molecule has 0 aliphatic carbocycles. The molecule has 0 amide bonds. The molecule has 0 bridgehead atoms. The monoisotopic (exact) mass is 521 g/mol. The molecule has 41 heavy (non-hydrogen) atoms. The van der Waals surface area contributed by atoms with Gasteiger partial charge in [0.05, 0.1) is 0 Å². The molecule has 0 atom stereocenters. The first kappa shape index (κ1) is 23.5. The van der Waals surface area contributed by atoms with Crippen molar-refractivity contribution in [3.8, 4) is 11.1 Å². The molecular weight excluding hydrogens is 494 g/mol. The Morgan fingerprint density at radius 1 is 0.268 bits per heavy atom.